The van der Waals surface area contributed by atoms with Gasteiger partial charge >= 0.3 is 6.18 Å². The largest absolute Gasteiger partial charge is 0.493 e. The number of hydrogen-bond acceptors (Lipinski definition) is 3. The van der Waals surface area contributed by atoms with E-state index in [4.69, 9.17) is 4.74 Å². The van der Waals surface area contributed by atoms with Crippen LogP contribution in [0.3, 0.4) is 0 Å². The van der Waals surface area contributed by atoms with Gasteiger partial charge in [0.05, 0.1) is 6.61 Å². The van der Waals surface area contributed by atoms with Crippen LogP contribution in [0.15, 0.2) is 36.4 Å². The van der Waals surface area contributed by atoms with Crippen LogP contribution >= 0.6 is 0 Å². The highest BCUT2D eigenvalue weighted by Crippen LogP contribution is 2.45. The van der Waals surface area contributed by atoms with E-state index >= 15 is 0 Å². The molecule has 1 atom stereocenters. The minimum absolute atomic E-state index is 0.00308. The quantitative estimate of drug-likeness (QED) is 0.483. The molecule has 0 spiro atoms. The van der Waals surface area contributed by atoms with Crippen LogP contribution in [-0.4, -0.2) is 30.2 Å². The zero-order valence-corrected chi connectivity index (χ0v) is 17.3. The maximum absolute atomic E-state index is 14.2. The van der Waals surface area contributed by atoms with E-state index in [9.17, 15) is 18.0 Å². The summed E-state index contributed by atoms with van der Waals surface area (Å²) in [5.41, 5.74) is 2.43. The van der Waals surface area contributed by atoms with Gasteiger partial charge in [0, 0.05) is 18.5 Å². The first kappa shape index (κ1) is 22.4. The van der Waals surface area contributed by atoms with Gasteiger partial charge in [-0.3, -0.25) is 10.2 Å². The molecule has 2 aromatic rings. The smallest absolute Gasteiger partial charge is 0.410 e. The summed E-state index contributed by atoms with van der Waals surface area (Å²) in [6.07, 6.45) is 1.91. The Morgan fingerprint density at radius 1 is 1.07 bits per heavy atom. The number of nitrogens with zero attached hydrogens (tertiary/aromatic N) is 1. The molecule has 1 aliphatic rings. The van der Waals surface area contributed by atoms with Gasteiger partial charge in [-0.25, -0.2) is 5.01 Å². The molecule has 0 radical (unpaired) electrons. The summed E-state index contributed by atoms with van der Waals surface area (Å²) in [5, 5.41) is 2.18. The summed E-state index contributed by atoms with van der Waals surface area (Å²) in [6.45, 7) is 2.53. The number of carbonyl (C=O) groups excluding carboxylic acids is 1. The third-order valence-electron chi connectivity index (χ3n) is 5.43. The molecule has 1 heterocycles. The summed E-state index contributed by atoms with van der Waals surface area (Å²) in [5.74, 6) is -0.176. The summed E-state index contributed by atoms with van der Waals surface area (Å²) in [7, 11) is 0. The number of benzene rings is 2. The van der Waals surface area contributed by atoms with Gasteiger partial charge in [0.15, 0.2) is 6.04 Å². The molecular weight excluding hydrogens is 393 g/mol. The van der Waals surface area contributed by atoms with E-state index in [1.54, 1.807) is 36.4 Å². The Bertz CT molecular complexity index is 854. The van der Waals surface area contributed by atoms with Gasteiger partial charge in [-0.05, 0) is 23.3 Å². The number of amides is 1. The van der Waals surface area contributed by atoms with E-state index in [1.165, 1.54) is 19.3 Å². The zero-order valence-electron chi connectivity index (χ0n) is 17.3. The Hall–Kier alpha value is -2.28. The summed E-state index contributed by atoms with van der Waals surface area (Å²) >= 11 is 0. The Labute approximate surface area is 175 Å². The highest BCUT2D eigenvalue weighted by Gasteiger charge is 2.48. The number of halogens is 3. The third-order valence-corrected chi connectivity index (χ3v) is 5.43. The number of fused-ring (bicyclic) bond motifs is 1. The van der Waals surface area contributed by atoms with Crippen molar-refractivity contribution >= 4 is 16.7 Å². The van der Waals surface area contributed by atoms with Crippen molar-refractivity contribution in [1.29, 1.82) is 0 Å². The van der Waals surface area contributed by atoms with Gasteiger partial charge in [0.2, 0.25) is 5.91 Å². The average molecular weight is 422 g/mol. The molecule has 1 saturated heterocycles. The van der Waals surface area contributed by atoms with Crippen LogP contribution in [-0.2, 0) is 4.79 Å². The lowest BCUT2D eigenvalue weighted by molar-refractivity contribution is -0.191. The molecule has 0 bridgehead atoms. The van der Waals surface area contributed by atoms with E-state index in [0.29, 0.717) is 17.4 Å². The van der Waals surface area contributed by atoms with Gasteiger partial charge in [0.25, 0.3) is 0 Å². The molecule has 0 saturated carbocycles. The number of hydrazine groups is 1. The second-order valence-electron chi connectivity index (χ2n) is 7.74. The highest BCUT2D eigenvalue weighted by molar-refractivity contribution is 5.88. The van der Waals surface area contributed by atoms with Crippen molar-refractivity contribution < 1.29 is 22.7 Å². The number of hydrogen-bond donors (Lipinski definition) is 1. The molecule has 7 heteroatoms. The summed E-state index contributed by atoms with van der Waals surface area (Å²) < 4.78 is 48.5. The number of ether oxygens (including phenoxy) is 1. The Balaban J connectivity index is 1.88. The number of alkyl halides is 3. The van der Waals surface area contributed by atoms with Gasteiger partial charge < -0.3 is 4.74 Å². The van der Waals surface area contributed by atoms with E-state index < -0.39 is 18.1 Å². The molecule has 2 aromatic carbocycles. The monoisotopic (exact) mass is 422 g/mol. The molecule has 1 N–H and O–H groups in total. The van der Waals surface area contributed by atoms with Crippen LogP contribution in [0.2, 0.25) is 0 Å². The predicted octanol–water partition coefficient (Wildman–Crippen LogP) is 5.92. The molecule has 164 valence electrons. The molecule has 3 rings (SSSR count). The first-order chi connectivity index (χ1) is 14.4. The lowest BCUT2D eigenvalue weighted by Gasteiger charge is -2.31. The predicted molar refractivity (Wildman–Crippen MR) is 111 cm³/mol. The summed E-state index contributed by atoms with van der Waals surface area (Å²) in [4.78, 5) is 11.6. The standard InChI is InChI=1S/C23H29F3N2O2/c1-2-3-4-5-6-9-16-30-19-13-12-17-10-7-8-11-18(17)21(19)22(23(24,25)26)28-15-14-20(29)27-28/h7-8,10-13,22H,2-6,9,14-16H2,1H3,(H,27,29)/t22-/m0/s1. The maximum atomic E-state index is 14.2. The van der Waals surface area contributed by atoms with Gasteiger partial charge in [-0.2, -0.15) is 13.2 Å². The number of carbonyl (C=O) groups is 1. The van der Waals surface area contributed by atoms with E-state index in [1.807, 2.05) is 0 Å². The minimum atomic E-state index is -4.57. The first-order valence-corrected chi connectivity index (χ1v) is 10.7. The molecule has 1 fully saturated rings. The fourth-order valence-corrected chi connectivity index (χ4v) is 3.93. The van der Waals surface area contributed by atoms with E-state index in [-0.39, 0.29) is 24.3 Å². The molecule has 0 aromatic heterocycles. The minimum Gasteiger partial charge on any atom is -0.493 e. The topological polar surface area (TPSA) is 41.6 Å². The first-order valence-electron chi connectivity index (χ1n) is 10.7. The van der Waals surface area contributed by atoms with Crippen LogP contribution in [0.4, 0.5) is 13.2 Å². The highest BCUT2D eigenvalue weighted by atomic mass is 19.4. The zero-order chi connectivity index (χ0) is 21.6. The Kier molecular flexibility index (Phi) is 7.58. The van der Waals surface area contributed by atoms with Crippen molar-refractivity contribution in [2.45, 2.75) is 64.1 Å². The lowest BCUT2D eigenvalue weighted by atomic mass is 9.96. The fraction of sp³-hybridized carbons (Fsp3) is 0.522. The van der Waals surface area contributed by atoms with Crippen molar-refractivity contribution in [2.75, 3.05) is 13.2 Å². The van der Waals surface area contributed by atoms with E-state index in [0.717, 1.165) is 24.3 Å². The fourth-order valence-electron chi connectivity index (χ4n) is 3.93. The number of rotatable bonds is 10. The second-order valence-corrected chi connectivity index (χ2v) is 7.74. The van der Waals surface area contributed by atoms with Crippen molar-refractivity contribution in [1.82, 2.24) is 10.4 Å². The molecule has 0 unspecified atom stereocenters. The molecule has 1 amide bonds. The third kappa shape index (κ3) is 5.45. The van der Waals surface area contributed by atoms with E-state index in [2.05, 4.69) is 12.3 Å². The second kappa shape index (κ2) is 10.2. The Morgan fingerprint density at radius 3 is 2.50 bits per heavy atom. The van der Waals surface area contributed by atoms with Crippen molar-refractivity contribution in [3.8, 4) is 5.75 Å². The molecule has 1 aliphatic heterocycles. The van der Waals surface area contributed by atoms with Crippen LogP contribution in [0.1, 0.15) is 63.5 Å². The molecule has 0 aliphatic carbocycles. The van der Waals surface area contributed by atoms with Crippen LogP contribution in [0, 0.1) is 0 Å². The molecule has 4 nitrogen and oxygen atoms in total. The van der Waals surface area contributed by atoms with Crippen molar-refractivity contribution in [3.63, 3.8) is 0 Å². The molecular formula is C23H29F3N2O2. The SMILES string of the molecule is CCCCCCCCOc1ccc2ccccc2c1[C@H](N1CCC(=O)N1)C(F)(F)F. The van der Waals surface area contributed by atoms with Gasteiger partial charge in [0.1, 0.15) is 5.75 Å². The summed E-state index contributed by atoms with van der Waals surface area (Å²) in [6, 6.07) is 8.42. The number of nitrogens with one attached hydrogen (secondary N) is 1. The average Bonchev–Trinajstić information content (AvgIpc) is 3.13. The van der Waals surface area contributed by atoms with Crippen LogP contribution in [0.25, 0.3) is 10.8 Å². The van der Waals surface area contributed by atoms with Gasteiger partial charge in [-0.1, -0.05) is 69.4 Å². The van der Waals surface area contributed by atoms with Gasteiger partial charge in [-0.15, -0.1) is 0 Å². The lowest BCUT2D eigenvalue weighted by Crippen LogP contribution is -2.43. The maximum Gasteiger partial charge on any atom is 0.410 e. The molecule has 30 heavy (non-hydrogen) atoms. The van der Waals surface area contributed by atoms with Crippen LogP contribution < -0.4 is 10.2 Å². The van der Waals surface area contributed by atoms with Crippen molar-refractivity contribution in [3.05, 3.63) is 42.0 Å². The van der Waals surface area contributed by atoms with Crippen LogP contribution in [0.5, 0.6) is 5.75 Å². The van der Waals surface area contributed by atoms with Crippen molar-refractivity contribution in [2.24, 2.45) is 0 Å². The normalized spacial score (nSPS) is 16.1. The Morgan fingerprint density at radius 2 is 1.80 bits per heavy atom. The number of unbranched alkanes of at least 4 members (excludes halogenated alkanes) is 5.